The summed E-state index contributed by atoms with van der Waals surface area (Å²) in [5, 5.41) is 9.01. The van der Waals surface area contributed by atoms with E-state index in [2.05, 4.69) is 27.6 Å². The Morgan fingerprint density at radius 1 is 1.17 bits per heavy atom. The van der Waals surface area contributed by atoms with Gasteiger partial charge in [0.1, 0.15) is 17.9 Å². The van der Waals surface area contributed by atoms with Crippen LogP contribution in [-0.2, 0) is 23.8 Å². The van der Waals surface area contributed by atoms with Gasteiger partial charge in [0.2, 0.25) is 0 Å². The van der Waals surface area contributed by atoms with E-state index in [4.69, 9.17) is 9.68 Å². The quantitative estimate of drug-likeness (QED) is 0.500. The summed E-state index contributed by atoms with van der Waals surface area (Å²) in [5.41, 5.74) is -2.71. The Labute approximate surface area is 204 Å². The lowest BCUT2D eigenvalue weighted by Crippen LogP contribution is -2.45. The number of carbonyl (C=O) groups excluding carboxylic acids is 1. The molecule has 0 spiro atoms. The third kappa shape index (κ3) is 4.68. The van der Waals surface area contributed by atoms with Crippen LogP contribution in [-0.4, -0.2) is 31.9 Å². The monoisotopic (exact) mass is 502 g/mol. The van der Waals surface area contributed by atoms with Crippen molar-refractivity contribution >= 4 is 29.9 Å². The molecule has 0 N–H and O–H groups in total. The third-order valence-corrected chi connectivity index (χ3v) is 6.23. The summed E-state index contributed by atoms with van der Waals surface area (Å²) in [6.07, 6.45) is 3.16. The van der Waals surface area contributed by atoms with Gasteiger partial charge in [-0.25, -0.2) is 9.97 Å². The Bertz CT molecular complexity index is 1260. The molecule has 1 aliphatic rings. The highest BCUT2D eigenvalue weighted by Crippen LogP contribution is 2.41. The molecule has 0 bridgehead atoms. The maximum atomic E-state index is 13.5. The first-order chi connectivity index (χ1) is 16.5. The van der Waals surface area contributed by atoms with Crippen molar-refractivity contribution in [3.8, 4) is 6.07 Å². The van der Waals surface area contributed by atoms with Crippen LogP contribution in [0.1, 0.15) is 43.1 Å². The Morgan fingerprint density at radius 2 is 1.91 bits per heavy atom. The summed E-state index contributed by atoms with van der Waals surface area (Å²) in [7, 11) is 0. The molecular formula is C23H21F3N6O2S. The van der Waals surface area contributed by atoms with Crippen LogP contribution in [0.5, 0.6) is 0 Å². The number of oxazole rings is 1. The number of hydrogen-bond acceptors (Lipinski definition) is 8. The highest BCUT2D eigenvalue weighted by molar-refractivity contribution is 7.81. The van der Waals surface area contributed by atoms with Gasteiger partial charge in [0.05, 0.1) is 35.5 Å². The summed E-state index contributed by atoms with van der Waals surface area (Å²) >= 11 is 4.56. The predicted molar refractivity (Wildman–Crippen MR) is 124 cm³/mol. The van der Waals surface area contributed by atoms with Crippen LogP contribution in [0.25, 0.3) is 0 Å². The Hall–Kier alpha value is -3.59. The zero-order valence-electron chi connectivity index (χ0n) is 18.8. The van der Waals surface area contributed by atoms with Crippen molar-refractivity contribution in [3.05, 3.63) is 65.9 Å². The molecule has 1 saturated heterocycles. The number of rotatable bonds is 6. The minimum absolute atomic E-state index is 0.104. The average Bonchev–Trinajstić information content (AvgIpc) is 3.38. The van der Waals surface area contributed by atoms with E-state index in [0.717, 1.165) is 29.3 Å². The molecule has 0 aliphatic carbocycles. The first kappa shape index (κ1) is 24.5. The van der Waals surface area contributed by atoms with Gasteiger partial charge in [-0.3, -0.25) is 14.7 Å². The number of halogens is 3. The first-order valence-electron chi connectivity index (χ1n) is 10.7. The van der Waals surface area contributed by atoms with Gasteiger partial charge in [-0.15, -0.1) is 12.6 Å². The molecular weight excluding hydrogens is 481 g/mol. The van der Waals surface area contributed by atoms with Gasteiger partial charge < -0.3 is 9.32 Å². The van der Waals surface area contributed by atoms with Crippen molar-refractivity contribution in [2.75, 3.05) is 9.80 Å². The van der Waals surface area contributed by atoms with Crippen molar-refractivity contribution < 1.29 is 22.4 Å². The van der Waals surface area contributed by atoms with Crippen molar-refractivity contribution in [1.82, 2.24) is 15.0 Å². The number of alkyl halides is 3. The van der Waals surface area contributed by atoms with E-state index in [1.54, 1.807) is 37.2 Å². The Balaban J connectivity index is 1.57. The van der Waals surface area contributed by atoms with Gasteiger partial charge in [0.25, 0.3) is 5.91 Å². The van der Waals surface area contributed by atoms with Crippen LogP contribution in [0.15, 0.2) is 47.5 Å². The second kappa shape index (κ2) is 9.22. The molecule has 3 aromatic rings. The molecule has 12 heteroatoms. The largest absolute Gasteiger partial charge is 0.449 e. The van der Waals surface area contributed by atoms with Crippen LogP contribution in [0, 0.1) is 11.3 Å². The lowest BCUT2D eigenvalue weighted by atomic mass is 10.0. The predicted octanol–water partition coefficient (Wildman–Crippen LogP) is 4.38. The lowest BCUT2D eigenvalue weighted by Gasteiger charge is -2.33. The Morgan fingerprint density at radius 3 is 2.51 bits per heavy atom. The molecule has 3 aromatic heterocycles. The molecule has 1 fully saturated rings. The number of hydrogen-bond donors (Lipinski definition) is 1. The highest BCUT2D eigenvalue weighted by atomic mass is 32.1. The summed E-state index contributed by atoms with van der Waals surface area (Å²) < 4.78 is 45.6. The molecule has 4 heterocycles. The number of carbonyl (C=O) groups is 1. The maximum Gasteiger partial charge on any atom is 0.419 e. The zero-order chi connectivity index (χ0) is 25.4. The molecule has 0 radical (unpaired) electrons. The summed E-state index contributed by atoms with van der Waals surface area (Å²) in [6.45, 7) is 3.31. The standard InChI is InChI=1S/C23H21F3N6O2S/c1-22(2)20(33)31(16-10-17(23(24,25)26)18(11-27)30-13-16)21(35)32(22)15-7-6-14(29-12-15)4-3-5-19-28-8-9-34-19/h6-10,12-13,21,35H,3-5H2,1-2H3. The molecule has 1 amide bonds. The molecule has 4 rings (SSSR count). The van der Waals surface area contributed by atoms with Crippen LogP contribution in [0.2, 0.25) is 0 Å². The second-order valence-corrected chi connectivity index (χ2v) is 8.90. The molecule has 35 heavy (non-hydrogen) atoms. The summed E-state index contributed by atoms with van der Waals surface area (Å²) in [6, 6.07) is 5.82. The fourth-order valence-electron chi connectivity index (χ4n) is 4.01. The number of pyridine rings is 2. The number of amides is 1. The summed E-state index contributed by atoms with van der Waals surface area (Å²) in [4.78, 5) is 28.3. The first-order valence-corrected chi connectivity index (χ1v) is 11.2. The normalized spacial score (nSPS) is 17.6. The van der Waals surface area contributed by atoms with Crippen LogP contribution in [0.3, 0.4) is 0 Å². The summed E-state index contributed by atoms with van der Waals surface area (Å²) in [5.74, 6) is 0.190. The molecule has 1 atom stereocenters. The second-order valence-electron chi connectivity index (χ2n) is 8.44. The minimum atomic E-state index is -4.80. The van der Waals surface area contributed by atoms with Crippen molar-refractivity contribution in [2.24, 2.45) is 0 Å². The van der Waals surface area contributed by atoms with Gasteiger partial charge in [-0.1, -0.05) is 0 Å². The molecule has 1 unspecified atom stereocenters. The van der Waals surface area contributed by atoms with Crippen LogP contribution in [0.4, 0.5) is 24.5 Å². The molecule has 1 aliphatic heterocycles. The molecule has 8 nitrogen and oxygen atoms in total. The third-order valence-electron chi connectivity index (χ3n) is 5.76. The van der Waals surface area contributed by atoms with Crippen LogP contribution < -0.4 is 9.80 Å². The number of thiol groups is 1. The van der Waals surface area contributed by atoms with E-state index >= 15 is 0 Å². The average molecular weight is 503 g/mol. The zero-order valence-corrected chi connectivity index (χ0v) is 19.7. The number of nitrogens with zero attached hydrogens (tertiary/aromatic N) is 6. The van der Waals surface area contributed by atoms with Crippen LogP contribution >= 0.6 is 12.6 Å². The van der Waals surface area contributed by atoms with E-state index in [1.165, 1.54) is 12.3 Å². The van der Waals surface area contributed by atoms with Crippen molar-refractivity contribution in [1.29, 1.82) is 5.26 Å². The number of anilines is 2. The number of nitriles is 1. The van der Waals surface area contributed by atoms with Gasteiger partial charge in [-0.2, -0.15) is 18.4 Å². The molecule has 0 aromatic carbocycles. The fraction of sp³-hybridized carbons (Fsp3) is 0.348. The Kier molecular flexibility index (Phi) is 6.46. The van der Waals surface area contributed by atoms with Gasteiger partial charge in [-0.05, 0) is 44.9 Å². The maximum absolute atomic E-state index is 13.5. The smallest absolute Gasteiger partial charge is 0.419 e. The van der Waals surface area contributed by atoms with E-state index in [1.807, 2.05) is 6.07 Å². The molecule has 182 valence electrons. The topological polar surface area (TPSA) is 99.2 Å². The van der Waals surface area contributed by atoms with Crippen molar-refractivity contribution in [2.45, 2.75) is 50.3 Å². The van der Waals surface area contributed by atoms with E-state index < -0.39 is 34.4 Å². The number of aryl methyl sites for hydroxylation is 2. The minimum Gasteiger partial charge on any atom is -0.449 e. The van der Waals surface area contributed by atoms with E-state index in [-0.39, 0.29) is 5.69 Å². The van der Waals surface area contributed by atoms with Gasteiger partial charge in [0.15, 0.2) is 17.1 Å². The van der Waals surface area contributed by atoms with Gasteiger partial charge >= 0.3 is 6.18 Å². The SMILES string of the molecule is CC1(C)C(=O)N(c2cnc(C#N)c(C(F)(F)F)c2)C(S)N1c1ccc(CCCc2ncco2)nc1. The van der Waals surface area contributed by atoms with Crippen molar-refractivity contribution in [3.63, 3.8) is 0 Å². The van der Waals surface area contributed by atoms with Gasteiger partial charge in [0, 0.05) is 12.1 Å². The van der Waals surface area contributed by atoms with E-state index in [9.17, 15) is 18.0 Å². The lowest BCUT2D eigenvalue weighted by molar-refractivity contribution is -0.138. The number of aromatic nitrogens is 3. The van der Waals surface area contributed by atoms with E-state index in [0.29, 0.717) is 24.4 Å². The molecule has 0 saturated carbocycles. The fourth-order valence-corrected chi connectivity index (χ4v) is 4.67. The highest BCUT2D eigenvalue weighted by Gasteiger charge is 2.52.